The minimum absolute atomic E-state index is 0.0497. The number of benzene rings is 2. The summed E-state index contributed by atoms with van der Waals surface area (Å²) in [6.07, 6.45) is 1.76. The number of likely N-dealkylation sites (N-methyl/N-ethyl adjacent to an activating group) is 1. The van der Waals surface area contributed by atoms with Crippen LogP contribution in [0.5, 0.6) is 5.75 Å². The molecule has 1 unspecified atom stereocenters. The topological polar surface area (TPSA) is 114 Å². The summed E-state index contributed by atoms with van der Waals surface area (Å²) < 4.78 is 29.8. The second-order valence-electron chi connectivity index (χ2n) is 7.22. The van der Waals surface area contributed by atoms with Crippen molar-refractivity contribution in [2.24, 2.45) is 10.1 Å². The van der Waals surface area contributed by atoms with Crippen molar-refractivity contribution in [3.63, 3.8) is 0 Å². The number of aliphatic hydroxyl groups is 1. The smallest absolute Gasteiger partial charge is 0.387 e. The Bertz CT molecular complexity index is 1240. The third kappa shape index (κ3) is 6.33. The first-order valence-corrected chi connectivity index (χ1v) is 11.5. The van der Waals surface area contributed by atoms with Crippen molar-refractivity contribution in [3.05, 3.63) is 57.0 Å². The highest BCUT2D eigenvalue weighted by Gasteiger charge is 2.36. The number of carbonyl (C=O) groups excluding carboxylic acids is 1. The van der Waals surface area contributed by atoms with Crippen molar-refractivity contribution >= 4 is 58.1 Å². The van der Waals surface area contributed by atoms with Crippen molar-refractivity contribution in [2.45, 2.75) is 19.6 Å². The zero-order chi connectivity index (χ0) is 26.4. The lowest BCUT2D eigenvalue weighted by Crippen LogP contribution is -2.49. The largest absolute Gasteiger partial charge is 0.433 e. The number of nitrogens with one attached hydrogen (secondary N) is 1. The summed E-state index contributed by atoms with van der Waals surface area (Å²) in [6, 6.07) is 8.11. The molecule has 9 nitrogen and oxygen atoms in total. The first kappa shape index (κ1) is 27.4. The van der Waals surface area contributed by atoms with Gasteiger partial charge >= 0.3 is 6.61 Å². The number of amides is 1. The number of nitrogens with zero attached hydrogens (tertiary/aromatic N) is 5. The minimum atomic E-state index is -3.10. The second kappa shape index (κ2) is 12.2. The number of nitriles is 1. The van der Waals surface area contributed by atoms with Crippen molar-refractivity contribution in [1.82, 2.24) is 15.2 Å². The lowest BCUT2D eigenvalue weighted by Gasteiger charge is -2.28. The predicted molar refractivity (Wildman–Crippen MR) is 132 cm³/mol. The Balaban J connectivity index is 2.07. The molecule has 1 amide bonds. The number of aliphatic imine (C=N–C) groups is 1. The average molecular weight is 560 g/mol. The monoisotopic (exact) mass is 558 g/mol. The first-order valence-electron chi connectivity index (χ1n) is 10.4. The van der Waals surface area contributed by atoms with Crippen LogP contribution in [0.3, 0.4) is 0 Å². The molecular weight excluding hydrogens is 541 g/mol. The van der Waals surface area contributed by atoms with Crippen LogP contribution in [-0.4, -0.2) is 64.9 Å². The van der Waals surface area contributed by atoms with E-state index in [2.05, 4.69) is 20.1 Å². The zero-order valence-corrected chi connectivity index (χ0v) is 20.9. The summed E-state index contributed by atoms with van der Waals surface area (Å²) in [7, 11) is 0. The van der Waals surface area contributed by atoms with Crippen LogP contribution in [0.2, 0.25) is 15.1 Å². The van der Waals surface area contributed by atoms with E-state index in [0.717, 1.165) is 0 Å². The highest BCUT2D eigenvalue weighted by molar-refractivity contribution is 6.42. The molecule has 0 aliphatic carbocycles. The molecule has 0 spiro atoms. The molecule has 190 valence electrons. The average Bonchev–Trinajstić information content (AvgIpc) is 3.27. The molecule has 0 bridgehead atoms. The highest BCUT2D eigenvalue weighted by Crippen LogP contribution is 2.31. The Morgan fingerprint density at radius 3 is 2.64 bits per heavy atom. The number of carbonyl (C=O) groups is 1. The minimum Gasteiger partial charge on any atom is -0.433 e. The Labute approximate surface area is 220 Å². The molecule has 2 N–H and O–H groups in total. The van der Waals surface area contributed by atoms with Crippen LogP contribution in [-0.2, 0) is 4.79 Å². The Morgan fingerprint density at radius 1 is 1.31 bits per heavy atom. The van der Waals surface area contributed by atoms with E-state index in [1.807, 2.05) is 0 Å². The van der Waals surface area contributed by atoms with Gasteiger partial charge in [-0.05, 0) is 31.2 Å². The van der Waals surface area contributed by atoms with Gasteiger partial charge < -0.3 is 14.7 Å². The van der Waals surface area contributed by atoms with E-state index in [1.165, 1.54) is 28.1 Å². The molecule has 3 rings (SSSR count). The molecule has 36 heavy (non-hydrogen) atoms. The highest BCUT2D eigenvalue weighted by atomic mass is 35.5. The lowest BCUT2D eigenvalue weighted by molar-refractivity contribution is -0.135. The van der Waals surface area contributed by atoms with E-state index in [0.29, 0.717) is 16.3 Å². The van der Waals surface area contributed by atoms with Gasteiger partial charge in [0.2, 0.25) is 11.9 Å². The Hall–Kier alpha value is -3.17. The van der Waals surface area contributed by atoms with E-state index < -0.39 is 25.2 Å². The van der Waals surface area contributed by atoms with Crippen molar-refractivity contribution in [1.29, 1.82) is 5.26 Å². The predicted octanol–water partition coefficient (Wildman–Crippen LogP) is 4.24. The second-order valence-corrected chi connectivity index (χ2v) is 8.44. The number of hydrogen-bond donors (Lipinski definition) is 2. The Morgan fingerprint density at radius 2 is 2.03 bits per heavy atom. The summed E-state index contributed by atoms with van der Waals surface area (Å²) in [5.74, 6) is -0.889. The van der Waals surface area contributed by atoms with Gasteiger partial charge in [0.25, 0.3) is 0 Å². The van der Waals surface area contributed by atoms with Crippen LogP contribution in [0.15, 0.2) is 46.5 Å². The fourth-order valence-electron chi connectivity index (χ4n) is 3.51. The van der Waals surface area contributed by atoms with E-state index in [9.17, 15) is 23.9 Å². The molecule has 1 aliphatic heterocycles. The van der Waals surface area contributed by atoms with Crippen molar-refractivity contribution in [2.75, 3.05) is 19.7 Å². The van der Waals surface area contributed by atoms with Gasteiger partial charge in [-0.2, -0.15) is 19.1 Å². The van der Waals surface area contributed by atoms with Crippen molar-refractivity contribution < 1.29 is 23.4 Å². The lowest BCUT2D eigenvalue weighted by atomic mass is 10.0. The molecule has 14 heteroatoms. The number of alkyl halides is 2. The SMILES string of the molecule is CCN(C(=O)CO)C1CN(C(=Nc2ccc(Cl)c(OC(F)F)c2)NC#N)N=C1c1ccc(Cl)c(Cl)c1. The molecule has 2 aromatic rings. The first-order chi connectivity index (χ1) is 17.2. The number of ether oxygens (including phenoxy) is 1. The maximum Gasteiger partial charge on any atom is 0.387 e. The van der Waals surface area contributed by atoms with Gasteiger partial charge in [0, 0.05) is 18.2 Å². The van der Waals surface area contributed by atoms with Crippen LogP contribution < -0.4 is 10.1 Å². The fourth-order valence-corrected chi connectivity index (χ4v) is 3.97. The third-order valence-corrected chi connectivity index (χ3v) is 6.11. The molecule has 1 aliphatic rings. The molecule has 0 radical (unpaired) electrons. The molecule has 1 atom stereocenters. The van der Waals surface area contributed by atoms with Gasteiger partial charge in [-0.1, -0.05) is 40.9 Å². The van der Waals surface area contributed by atoms with Crippen LogP contribution in [0.1, 0.15) is 12.5 Å². The van der Waals surface area contributed by atoms with Gasteiger partial charge in [0.05, 0.1) is 39.1 Å². The number of aliphatic hydroxyl groups excluding tert-OH is 1. The molecule has 0 fully saturated rings. The summed E-state index contributed by atoms with van der Waals surface area (Å²) in [5.41, 5.74) is 1.10. The summed E-state index contributed by atoms with van der Waals surface area (Å²) >= 11 is 18.1. The number of rotatable bonds is 7. The fraction of sp³-hybridized carbons (Fsp3) is 0.273. The van der Waals surface area contributed by atoms with E-state index in [4.69, 9.17) is 34.8 Å². The number of halogens is 5. The molecule has 2 aromatic carbocycles. The normalized spacial score (nSPS) is 15.5. The van der Waals surface area contributed by atoms with E-state index in [1.54, 1.807) is 31.3 Å². The van der Waals surface area contributed by atoms with Gasteiger partial charge in [-0.25, -0.2) is 10.0 Å². The molecule has 0 saturated carbocycles. The molecule has 0 saturated heterocycles. The quantitative estimate of drug-likeness (QED) is 0.227. The summed E-state index contributed by atoms with van der Waals surface area (Å²) in [6.45, 7) is -1.77. The number of hydrazone groups is 1. The summed E-state index contributed by atoms with van der Waals surface area (Å²) in [4.78, 5) is 18.2. The third-order valence-electron chi connectivity index (χ3n) is 5.06. The number of guanidine groups is 1. The van der Waals surface area contributed by atoms with E-state index in [-0.39, 0.29) is 40.5 Å². The van der Waals surface area contributed by atoms with Gasteiger partial charge in [-0.15, -0.1) is 0 Å². The van der Waals surface area contributed by atoms with Gasteiger partial charge in [0.15, 0.2) is 6.19 Å². The molecule has 0 aromatic heterocycles. The number of hydrogen-bond acceptors (Lipinski definition) is 6. The van der Waals surface area contributed by atoms with Gasteiger partial charge in [-0.3, -0.25) is 10.1 Å². The van der Waals surface area contributed by atoms with Crippen LogP contribution in [0.4, 0.5) is 14.5 Å². The van der Waals surface area contributed by atoms with E-state index >= 15 is 0 Å². The van der Waals surface area contributed by atoms with Crippen molar-refractivity contribution in [3.8, 4) is 11.9 Å². The molecular formula is C22H19Cl3F2N6O3. The maximum absolute atomic E-state index is 12.7. The maximum atomic E-state index is 12.7. The van der Waals surface area contributed by atoms with Gasteiger partial charge in [0.1, 0.15) is 12.4 Å². The van der Waals surface area contributed by atoms with Crippen LogP contribution in [0.25, 0.3) is 0 Å². The molecule has 1 heterocycles. The zero-order valence-electron chi connectivity index (χ0n) is 18.6. The Kier molecular flexibility index (Phi) is 9.28. The summed E-state index contributed by atoms with van der Waals surface area (Å²) in [5, 5.41) is 27.6. The van der Waals surface area contributed by atoms with Crippen LogP contribution in [0, 0.1) is 11.5 Å². The standard InChI is InChI=1S/C22H19Cl3F2N6O3/c1-2-32(19(35)10-34)17-9-33(31-20(17)12-3-5-14(23)16(25)7-12)22(29-11-28)30-13-4-6-15(24)18(8-13)36-21(26)27/h3-8,17,21,34H,2,9-10H2,1H3,(H,29,30). The van der Waals surface area contributed by atoms with Crippen LogP contribution >= 0.6 is 34.8 Å².